The van der Waals surface area contributed by atoms with E-state index in [0.717, 1.165) is 17.5 Å². The largest absolute Gasteiger partial charge is 0.369 e. The molecule has 0 aliphatic heterocycles. The molecule has 102 valence electrons. The third-order valence-electron chi connectivity index (χ3n) is 3.41. The van der Waals surface area contributed by atoms with E-state index in [1.54, 1.807) is 19.2 Å². The van der Waals surface area contributed by atoms with Crippen LogP contribution in [0, 0.1) is 12.7 Å². The van der Waals surface area contributed by atoms with Gasteiger partial charge < -0.3 is 10.3 Å². The maximum Gasteiger partial charge on any atom is 0.201 e. The molecule has 0 aliphatic carbocycles. The zero-order valence-electron chi connectivity index (χ0n) is 11.2. The third kappa shape index (κ3) is 2.22. The number of nitrogen functional groups attached to an aromatic ring is 1. The highest BCUT2D eigenvalue weighted by atomic mass is 19.1. The van der Waals surface area contributed by atoms with Crippen molar-refractivity contribution >= 4 is 17.0 Å². The Morgan fingerprint density at radius 1 is 1.35 bits per heavy atom. The molecular formula is C15H15FN4. The number of hydrogen-bond donors (Lipinski definition) is 1. The molecule has 0 saturated carbocycles. The molecule has 0 amide bonds. The first-order valence-electron chi connectivity index (χ1n) is 6.46. The summed E-state index contributed by atoms with van der Waals surface area (Å²) < 4.78 is 15.5. The van der Waals surface area contributed by atoms with E-state index in [4.69, 9.17) is 5.73 Å². The molecule has 0 bridgehead atoms. The first kappa shape index (κ1) is 12.6. The number of anilines is 1. The van der Waals surface area contributed by atoms with Gasteiger partial charge in [0.15, 0.2) is 0 Å². The zero-order valence-corrected chi connectivity index (χ0v) is 11.2. The zero-order chi connectivity index (χ0) is 14.1. The molecule has 4 nitrogen and oxygen atoms in total. The van der Waals surface area contributed by atoms with Gasteiger partial charge in [-0.2, -0.15) is 0 Å². The standard InChI is InChI=1S/C15H15FN4/c1-10-7-14-13(8-12(10)16)19-15(17)20(14)6-4-11-3-2-5-18-9-11/h2-3,5,7-9H,4,6H2,1H3,(H2,17,19). The SMILES string of the molecule is Cc1cc2c(cc1F)nc(N)n2CCc1cccnc1. The second-order valence-electron chi connectivity index (χ2n) is 4.82. The lowest BCUT2D eigenvalue weighted by Crippen LogP contribution is -2.06. The van der Waals surface area contributed by atoms with E-state index < -0.39 is 0 Å². The highest BCUT2D eigenvalue weighted by Crippen LogP contribution is 2.22. The van der Waals surface area contributed by atoms with Crippen molar-refractivity contribution in [2.75, 3.05) is 5.73 Å². The lowest BCUT2D eigenvalue weighted by molar-refractivity contribution is 0.620. The minimum atomic E-state index is -0.255. The van der Waals surface area contributed by atoms with Crippen molar-refractivity contribution in [2.24, 2.45) is 0 Å². The maximum absolute atomic E-state index is 13.5. The van der Waals surface area contributed by atoms with Crippen LogP contribution in [-0.2, 0) is 13.0 Å². The van der Waals surface area contributed by atoms with Gasteiger partial charge in [-0.25, -0.2) is 9.37 Å². The number of fused-ring (bicyclic) bond motifs is 1. The van der Waals surface area contributed by atoms with E-state index >= 15 is 0 Å². The molecule has 0 aliphatic rings. The molecule has 2 aromatic heterocycles. The molecule has 0 fully saturated rings. The Balaban J connectivity index is 1.95. The van der Waals surface area contributed by atoms with Crippen molar-refractivity contribution in [3.63, 3.8) is 0 Å². The number of imidazole rings is 1. The number of nitrogens with two attached hydrogens (primary N) is 1. The summed E-state index contributed by atoms with van der Waals surface area (Å²) in [5.41, 5.74) is 9.12. The van der Waals surface area contributed by atoms with Crippen LogP contribution >= 0.6 is 0 Å². The second kappa shape index (κ2) is 4.92. The van der Waals surface area contributed by atoms with Gasteiger partial charge in [-0.05, 0) is 36.6 Å². The van der Waals surface area contributed by atoms with Crippen LogP contribution in [0.4, 0.5) is 10.3 Å². The average molecular weight is 270 g/mol. The first-order chi connectivity index (χ1) is 9.65. The molecule has 2 N–H and O–H groups in total. The van der Waals surface area contributed by atoms with Gasteiger partial charge in [0.25, 0.3) is 0 Å². The van der Waals surface area contributed by atoms with Gasteiger partial charge in [-0.1, -0.05) is 6.07 Å². The number of nitrogens with zero attached hydrogens (tertiary/aromatic N) is 3. The summed E-state index contributed by atoms with van der Waals surface area (Å²) in [6, 6.07) is 7.15. The van der Waals surface area contributed by atoms with Gasteiger partial charge in [0.05, 0.1) is 11.0 Å². The molecule has 3 aromatic rings. The molecule has 0 unspecified atom stereocenters. The maximum atomic E-state index is 13.5. The summed E-state index contributed by atoms with van der Waals surface area (Å²) in [6.07, 6.45) is 4.39. The van der Waals surface area contributed by atoms with Crippen molar-refractivity contribution < 1.29 is 4.39 Å². The van der Waals surface area contributed by atoms with Crippen LogP contribution < -0.4 is 5.73 Å². The van der Waals surface area contributed by atoms with Gasteiger partial charge in [0.1, 0.15) is 5.82 Å². The molecule has 0 saturated heterocycles. The highest BCUT2D eigenvalue weighted by Gasteiger charge is 2.10. The summed E-state index contributed by atoms with van der Waals surface area (Å²) in [5, 5.41) is 0. The van der Waals surface area contributed by atoms with Crippen molar-refractivity contribution in [3.05, 3.63) is 53.6 Å². The van der Waals surface area contributed by atoms with Crippen LogP contribution in [0.2, 0.25) is 0 Å². The highest BCUT2D eigenvalue weighted by molar-refractivity contribution is 5.79. The first-order valence-corrected chi connectivity index (χ1v) is 6.46. The lowest BCUT2D eigenvalue weighted by atomic mass is 10.2. The monoisotopic (exact) mass is 270 g/mol. The normalized spacial score (nSPS) is 11.1. The molecule has 2 heterocycles. The number of halogens is 1. The quantitative estimate of drug-likeness (QED) is 0.796. The van der Waals surface area contributed by atoms with Gasteiger partial charge in [-0.15, -0.1) is 0 Å². The van der Waals surface area contributed by atoms with Crippen LogP contribution in [0.15, 0.2) is 36.7 Å². The summed E-state index contributed by atoms with van der Waals surface area (Å²) in [5.74, 6) is 0.156. The molecule has 5 heteroatoms. The van der Waals surface area contributed by atoms with E-state index in [2.05, 4.69) is 9.97 Å². The molecule has 1 aromatic carbocycles. The van der Waals surface area contributed by atoms with Gasteiger partial charge >= 0.3 is 0 Å². The average Bonchev–Trinajstić information content (AvgIpc) is 2.73. The Hall–Kier alpha value is -2.43. The number of hydrogen-bond acceptors (Lipinski definition) is 3. The van der Waals surface area contributed by atoms with Crippen LogP contribution in [0.1, 0.15) is 11.1 Å². The molecule has 3 rings (SSSR count). The van der Waals surface area contributed by atoms with Gasteiger partial charge in [0, 0.05) is 25.0 Å². The third-order valence-corrected chi connectivity index (χ3v) is 3.41. The minimum absolute atomic E-state index is 0.255. The summed E-state index contributed by atoms with van der Waals surface area (Å²) in [4.78, 5) is 8.30. The van der Waals surface area contributed by atoms with Crippen LogP contribution in [0.25, 0.3) is 11.0 Å². The summed E-state index contributed by atoms with van der Waals surface area (Å²) in [6.45, 7) is 2.43. The van der Waals surface area contributed by atoms with Crippen molar-refractivity contribution in [2.45, 2.75) is 19.9 Å². The van der Waals surface area contributed by atoms with Crippen LogP contribution in [0.5, 0.6) is 0 Å². The fourth-order valence-corrected chi connectivity index (χ4v) is 2.29. The van der Waals surface area contributed by atoms with E-state index in [0.29, 0.717) is 23.6 Å². The number of aryl methyl sites for hydroxylation is 3. The summed E-state index contributed by atoms with van der Waals surface area (Å²) >= 11 is 0. The Morgan fingerprint density at radius 3 is 2.95 bits per heavy atom. The van der Waals surface area contributed by atoms with Crippen LogP contribution in [0.3, 0.4) is 0 Å². The van der Waals surface area contributed by atoms with Gasteiger partial charge in [-0.3, -0.25) is 4.98 Å². The van der Waals surface area contributed by atoms with E-state index in [9.17, 15) is 4.39 Å². The molecular weight excluding hydrogens is 255 g/mol. The Morgan fingerprint density at radius 2 is 2.20 bits per heavy atom. The molecule has 0 radical (unpaired) electrons. The van der Waals surface area contributed by atoms with Gasteiger partial charge in [0.2, 0.25) is 5.95 Å². The Labute approximate surface area is 116 Å². The number of rotatable bonds is 3. The molecule has 0 atom stereocenters. The topological polar surface area (TPSA) is 56.7 Å². The Bertz CT molecular complexity index is 749. The summed E-state index contributed by atoms with van der Waals surface area (Å²) in [7, 11) is 0. The van der Waals surface area contributed by atoms with E-state index in [1.807, 2.05) is 22.9 Å². The predicted molar refractivity (Wildman–Crippen MR) is 76.8 cm³/mol. The van der Waals surface area contributed by atoms with Crippen LogP contribution in [-0.4, -0.2) is 14.5 Å². The van der Waals surface area contributed by atoms with E-state index in [1.165, 1.54) is 6.07 Å². The number of pyridine rings is 1. The fraction of sp³-hybridized carbons (Fsp3) is 0.200. The lowest BCUT2D eigenvalue weighted by Gasteiger charge is -2.07. The molecule has 0 spiro atoms. The fourth-order valence-electron chi connectivity index (χ4n) is 2.29. The molecule has 20 heavy (non-hydrogen) atoms. The van der Waals surface area contributed by atoms with Crippen molar-refractivity contribution in [1.82, 2.24) is 14.5 Å². The smallest absolute Gasteiger partial charge is 0.201 e. The number of aromatic nitrogens is 3. The Kier molecular flexibility index (Phi) is 3.10. The number of benzene rings is 1. The van der Waals surface area contributed by atoms with E-state index in [-0.39, 0.29) is 5.82 Å². The predicted octanol–water partition coefficient (Wildman–Crippen LogP) is 2.70. The van der Waals surface area contributed by atoms with Crippen molar-refractivity contribution in [3.8, 4) is 0 Å². The second-order valence-corrected chi connectivity index (χ2v) is 4.82. The van der Waals surface area contributed by atoms with Crippen molar-refractivity contribution in [1.29, 1.82) is 0 Å². The minimum Gasteiger partial charge on any atom is -0.369 e.